The second-order valence-electron chi connectivity index (χ2n) is 4.71. The Morgan fingerprint density at radius 2 is 2.10 bits per heavy atom. The molecular formula is C16H19NO2S. The first-order valence-electron chi connectivity index (χ1n) is 6.53. The smallest absolute Gasteiger partial charge is 0.327 e. The third-order valence-corrected chi connectivity index (χ3v) is 4.33. The van der Waals surface area contributed by atoms with Crippen LogP contribution in [0.1, 0.15) is 27.6 Å². The number of rotatable bonds is 5. The van der Waals surface area contributed by atoms with Crippen molar-refractivity contribution in [2.75, 3.05) is 7.11 Å². The first kappa shape index (κ1) is 14.8. The van der Waals surface area contributed by atoms with Gasteiger partial charge in [-0.15, -0.1) is 11.3 Å². The molecule has 2 aromatic rings. The standard InChI is InChI=1S/C16H19NO2S/c1-11-6-4-8-14(12(11)2)15(16(18)19-3)17-10-13-7-5-9-20-13/h4-9,15,17H,10H2,1-3H3. The molecule has 20 heavy (non-hydrogen) atoms. The lowest BCUT2D eigenvalue weighted by Crippen LogP contribution is -2.29. The molecular weight excluding hydrogens is 270 g/mol. The lowest BCUT2D eigenvalue weighted by atomic mass is 9.97. The fourth-order valence-electron chi connectivity index (χ4n) is 2.14. The van der Waals surface area contributed by atoms with Crippen LogP contribution in [0.5, 0.6) is 0 Å². The summed E-state index contributed by atoms with van der Waals surface area (Å²) in [4.78, 5) is 13.3. The molecule has 0 aliphatic heterocycles. The van der Waals surface area contributed by atoms with E-state index in [4.69, 9.17) is 4.74 Å². The highest BCUT2D eigenvalue weighted by Gasteiger charge is 2.23. The van der Waals surface area contributed by atoms with Crippen molar-refractivity contribution in [3.63, 3.8) is 0 Å². The number of methoxy groups -OCH3 is 1. The highest BCUT2D eigenvalue weighted by molar-refractivity contribution is 7.09. The number of thiophene rings is 1. The second kappa shape index (κ2) is 6.68. The number of ether oxygens (including phenoxy) is 1. The van der Waals surface area contributed by atoms with Crippen LogP contribution < -0.4 is 5.32 Å². The Balaban J connectivity index is 2.23. The Labute approximate surface area is 123 Å². The van der Waals surface area contributed by atoms with E-state index in [9.17, 15) is 4.79 Å². The van der Waals surface area contributed by atoms with Gasteiger partial charge in [-0.25, -0.2) is 4.79 Å². The molecule has 0 amide bonds. The van der Waals surface area contributed by atoms with Crippen molar-refractivity contribution >= 4 is 17.3 Å². The van der Waals surface area contributed by atoms with Gasteiger partial charge in [0.1, 0.15) is 6.04 Å². The van der Waals surface area contributed by atoms with Gasteiger partial charge >= 0.3 is 5.97 Å². The van der Waals surface area contributed by atoms with Gasteiger partial charge in [-0.1, -0.05) is 24.3 Å². The summed E-state index contributed by atoms with van der Waals surface area (Å²) in [5.41, 5.74) is 3.28. The number of nitrogens with one attached hydrogen (secondary N) is 1. The molecule has 0 saturated carbocycles. The van der Waals surface area contributed by atoms with Crippen molar-refractivity contribution in [3.8, 4) is 0 Å². The second-order valence-corrected chi connectivity index (χ2v) is 5.74. The first-order valence-corrected chi connectivity index (χ1v) is 7.41. The number of hydrogen-bond donors (Lipinski definition) is 1. The van der Waals surface area contributed by atoms with Crippen LogP contribution in [0.15, 0.2) is 35.7 Å². The maximum Gasteiger partial charge on any atom is 0.327 e. The van der Waals surface area contributed by atoms with Crippen LogP contribution in [-0.4, -0.2) is 13.1 Å². The fraction of sp³-hybridized carbons (Fsp3) is 0.312. The van der Waals surface area contributed by atoms with Crippen molar-refractivity contribution in [2.24, 2.45) is 0 Å². The van der Waals surface area contributed by atoms with Crippen molar-refractivity contribution in [3.05, 3.63) is 57.3 Å². The van der Waals surface area contributed by atoms with Gasteiger partial charge in [0.15, 0.2) is 0 Å². The van der Waals surface area contributed by atoms with Gasteiger partial charge < -0.3 is 4.74 Å². The summed E-state index contributed by atoms with van der Waals surface area (Å²) < 4.78 is 4.93. The molecule has 0 radical (unpaired) electrons. The van der Waals surface area contributed by atoms with Crippen LogP contribution in [0, 0.1) is 13.8 Å². The van der Waals surface area contributed by atoms with E-state index in [0.29, 0.717) is 6.54 Å². The topological polar surface area (TPSA) is 38.3 Å². The zero-order valence-corrected chi connectivity index (χ0v) is 12.8. The number of aryl methyl sites for hydroxylation is 1. The van der Waals surface area contributed by atoms with Crippen LogP contribution in [0.2, 0.25) is 0 Å². The molecule has 3 nitrogen and oxygen atoms in total. The molecule has 1 aromatic carbocycles. The zero-order chi connectivity index (χ0) is 14.5. The van der Waals surface area contributed by atoms with E-state index in [2.05, 4.69) is 11.4 Å². The molecule has 106 valence electrons. The van der Waals surface area contributed by atoms with Gasteiger partial charge in [0.25, 0.3) is 0 Å². The number of carbonyl (C=O) groups is 1. The van der Waals surface area contributed by atoms with E-state index in [1.54, 1.807) is 11.3 Å². The largest absolute Gasteiger partial charge is 0.468 e. The molecule has 4 heteroatoms. The van der Waals surface area contributed by atoms with Gasteiger partial charge in [-0.3, -0.25) is 5.32 Å². The van der Waals surface area contributed by atoms with Crippen molar-refractivity contribution < 1.29 is 9.53 Å². The molecule has 0 aliphatic rings. The monoisotopic (exact) mass is 289 g/mol. The van der Waals surface area contributed by atoms with Crippen LogP contribution in [-0.2, 0) is 16.1 Å². The van der Waals surface area contributed by atoms with E-state index >= 15 is 0 Å². The molecule has 0 spiro atoms. The summed E-state index contributed by atoms with van der Waals surface area (Å²) in [6.45, 7) is 4.74. The lowest BCUT2D eigenvalue weighted by molar-refractivity contribution is -0.143. The molecule has 1 heterocycles. The van der Waals surface area contributed by atoms with Gasteiger partial charge in [0.05, 0.1) is 7.11 Å². The first-order chi connectivity index (χ1) is 9.63. The summed E-state index contributed by atoms with van der Waals surface area (Å²) in [5, 5.41) is 5.32. The van der Waals surface area contributed by atoms with E-state index in [1.807, 2.05) is 43.5 Å². The number of esters is 1. The Bertz CT molecular complexity index is 578. The molecule has 0 saturated heterocycles. The van der Waals surface area contributed by atoms with E-state index < -0.39 is 6.04 Å². The van der Waals surface area contributed by atoms with Crippen molar-refractivity contribution in [2.45, 2.75) is 26.4 Å². The molecule has 0 aliphatic carbocycles. The Kier molecular flexibility index (Phi) is 4.93. The average molecular weight is 289 g/mol. The summed E-state index contributed by atoms with van der Waals surface area (Å²) in [6.07, 6.45) is 0. The quantitative estimate of drug-likeness (QED) is 0.858. The zero-order valence-electron chi connectivity index (χ0n) is 12.0. The highest BCUT2D eigenvalue weighted by atomic mass is 32.1. The van der Waals surface area contributed by atoms with E-state index in [1.165, 1.54) is 17.6 Å². The minimum atomic E-state index is -0.429. The van der Waals surface area contributed by atoms with Crippen molar-refractivity contribution in [1.82, 2.24) is 5.32 Å². The van der Waals surface area contributed by atoms with Gasteiger partial charge in [-0.05, 0) is 42.0 Å². The van der Waals surface area contributed by atoms with Crippen molar-refractivity contribution in [1.29, 1.82) is 0 Å². The molecule has 1 N–H and O–H groups in total. The molecule has 1 aromatic heterocycles. The Hall–Kier alpha value is -1.65. The summed E-state index contributed by atoms with van der Waals surface area (Å²) in [6, 6.07) is 9.63. The lowest BCUT2D eigenvalue weighted by Gasteiger charge is -2.19. The molecule has 2 rings (SSSR count). The number of carbonyl (C=O) groups excluding carboxylic acids is 1. The normalized spacial score (nSPS) is 12.2. The molecule has 0 fully saturated rings. The van der Waals surface area contributed by atoms with Crippen LogP contribution >= 0.6 is 11.3 Å². The van der Waals surface area contributed by atoms with E-state index in [0.717, 1.165) is 11.1 Å². The van der Waals surface area contributed by atoms with Crippen LogP contribution in [0.3, 0.4) is 0 Å². The highest BCUT2D eigenvalue weighted by Crippen LogP contribution is 2.22. The van der Waals surface area contributed by atoms with Crippen LogP contribution in [0.25, 0.3) is 0 Å². The van der Waals surface area contributed by atoms with Crippen LogP contribution in [0.4, 0.5) is 0 Å². The summed E-state index contributed by atoms with van der Waals surface area (Å²) in [7, 11) is 1.42. The summed E-state index contributed by atoms with van der Waals surface area (Å²) >= 11 is 1.67. The number of hydrogen-bond acceptors (Lipinski definition) is 4. The maximum absolute atomic E-state index is 12.1. The predicted molar refractivity (Wildman–Crippen MR) is 81.8 cm³/mol. The number of benzene rings is 1. The molecule has 1 atom stereocenters. The third kappa shape index (κ3) is 3.26. The van der Waals surface area contributed by atoms with Gasteiger partial charge in [-0.2, -0.15) is 0 Å². The average Bonchev–Trinajstić information content (AvgIpc) is 2.96. The predicted octanol–water partition coefficient (Wildman–Crippen LogP) is 3.37. The summed E-state index contributed by atoms with van der Waals surface area (Å²) in [5.74, 6) is -0.254. The fourth-order valence-corrected chi connectivity index (χ4v) is 2.80. The Morgan fingerprint density at radius 3 is 2.75 bits per heavy atom. The van der Waals surface area contributed by atoms with Gasteiger partial charge in [0, 0.05) is 11.4 Å². The minimum Gasteiger partial charge on any atom is -0.468 e. The molecule has 0 bridgehead atoms. The molecule has 1 unspecified atom stereocenters. The third-order valence-electron chi connectivity index (χ3n) is 3.45. The minimum absolute atomic E-state index is 0.254. The van der Waals surface area contributed by atoms with E-state index in [-0.39, 0.29) is 5.97 Å². The maximum atomic E-state index is 12.1. The Morgan fingerprint density at radius 1 is 1.30 bits per heavy atom. The SMILES string of the molecule is COC(=O)C(NCc1cccs1)c1cccc(C)c1C. The van der Waals surface area contributed by atoms with Gasteiger partial charge in [0.2, 0.25) is 0 Å².